The smallest absolute Gasteiger partial charge is 0.302 e. The minimum absolute atomic E-state index is 0.0472. The third-order valence-electron chi connectivity index (χ3n) is 4.36. The zero-order chi connectivity index (χ0) is 17.2. The van der Waals surface area contributed by atoms with Crippen LogP contribution in [-0.4, -0.2) is 12.6 Å². The van der Waals surface area contributed by atoms with Gasteiger partial charge < -0.3 is 4.74 Å². The van der Waals surface area contributed by atoms with Crippen LogP contribution in [0.2, 0.25) is 0 Å². The molecule has 0 aliphatic rings. The average Bonchev–Trinajstić information content (AvgIpc) is 2.97. The Balaban J connectivity index is 1.75. The zero-order valence-electron chi connectivity index (χ0n) is 14.1. The molecule has 0 aliphatic carbocycles. The highest BCUT2D eigenvalue weighted by atomic mass is 32.2. The molecule has 3 aromatic carbocycles. The van der Waals surface area contributed by atoms with Gasteiger partial charge in [0.2, 0.25) is 0 Å². The van der Waals surface area contributed by atoms with Gasteiger partial charge in [-0.25, -0.2) is 0 Å². The van der Waals surface area contributed by atoms with Crippen molar-refractivity contribution < 1.29 is 9.53 Å². The second-order valence-electron chi connectivity index (χ2n) is 6.03. The molecular formula is C22H19O2S+. The number of thiophene rings is 1. The third kappa shape index (κ3) is 3.03. The number of hydrogen-bond donors (Lipinski definition) is 0. The molecule has 0 N–H and O–H groups in total. The summed E-state index contributed by atoms with van der Waals surface area (Å²) >= 11 is 0. The normalized spacial score (nSPS) is 11.1. The minimum atomic E-state index is -0.225. The molecule has 0 aliphatic heterocycles. The summed E-state index contributed by atoms with van der Waals surface area (Å²) < 4.78 is 7.83. The molecule has 4 rings (SSSR count). The van der Waals surface area contributed by atoms with E-state index >= 15 is 0 Å². The Labute approximate surface area is 149 Å². The van der Waals surface area contributed by atoms with Crippen molar-refractivity contribution in [2.75, 3.05) is 6.61 Å². The number of fused-ring (bicyclic) bond motifs is 3. The number of carbonyl (C=O) groups excluding carboxylic acids is 1. The molecule has 0 spiro atoms. The first-order valence-corrected chi connectivity index (χ1v) is 9.61. The lowest BCUT2D eigenvalue weighted by molar-refractivity contribution is -0.140. The molecule has 0 fully saturated rings. The van der Waals surface area contributed by atoms with E-state index in [-0.39, 0.29) is 16.4 Å². The Morgan fingerprint density at radius 1 is 0.840 bits per heavy atom. The molecule has 1 aromatic heterocycles. The van der Waals surface area contributed by atoms with Crippen molar-refractivity contribution in [1.82, 2.24) is 0 Å². The SMILES string of the molecule is CC(=O)OCCc1ccc(-[s+]2c3ccccc3c3ccccc32)cc1. The van der Waals surface area contributed by atoms with E-state index in [1.165, 1.54) is 37.6 Å². The number of esters is 1. The summed E-state index contributed by atoms with van der Waals surface area (Å²) in [6.45, 7) is 1.88. The quantitative estimate of drug-likeness (QED) is 0.342. The molecule has 0 saturated carbocycles. The molecule has 4 aromatic rings. The summed E-state index contributed by atoms with van der Waals surface area (Å²) in [5.41, 5.74) is 1.19. The largest absolute Gasteiger partial charge is 0.466 e. The Bertz CT molecular complexity index is 991. The van der Waals surface area contributed by atoms with Gasteiger partial charge >= 0.3 is 5.97 Å². The number of ether oxygens (including phenoxy) is 1. The highest BCUT2D eigenvalue weighted by Gasteiger charge is 2.22. The van der Waals surface area contributed by atoms with Crippen LogP contribution in [0.25, 0.3) is 25.1 Å². The van der Waals surface area contributed by atoms with Crippen molar-refractivity contribution >= 4 is 36.6 Å². The van der Waals surface area contributed by atoms with Crippen molar-refractivity contribution in [3.05, 3.63) is 78.4 Å². The molecule has 0 amide bonds. The standard InChI is InChI=1S/C22H19O2S/c1-16(23)24-15-14-17-10-12-18(13-11-17)25-21-8-4-2-6-19(21)20-7-3-5-9-22(20)25/h2-13H,14-15H2,1H3/q+1. The summed E-state index contributed by atoms with van der Waals surface area (Å²) in [6, 6.07) is 26.1. The fourth-order valence-electron chi connectivity index (χ4n) is 3.21. The summed E-state index contributed by atoms with van der Waals surface area (Å²) in [5.74, 6) is -0.225. The van der Waals surface area contributed by atoms with E-state index < -0.39 is 0 Å². The maximum absolute atomic E-state index is 10.9. The molecule has 0 saturated heterocycles. The topological polar surface area (TPSA) is 26.3 Å². The lowest BCUT2D eigenvalue weighted by Gasteiger charge is -2.02. The van der Waals surface area contributed by atoms with Gasteiger partial charge in [0.05, 0.1) is 6.61 Å². The molecule has 0 radical (unpaired) electrons. The highest BCUT2D eigenvalue weighted by Crippen LogP contribution is 2.48. The molecule has 1 heterocycles. The Morgan fingerprint density at radius 2 is 1.40 bits per heavy atom. The van der Waals surface area contributed by atoms with Gasteiger partial charge in [-0.15, -0.1) is 0 Å². The predicted octanol–water partition coefficient (Wildman–Crippen LogP) is 5.84. The summed E-state index contributed by atoms with van der Waals surface area (Å²) in [6.07, 6.45) is 0.751. The van der Waals surface area contributed by atoms with E-state index in [9.17, 15) is 4.79 Å². The summed E-state index contributed by atoms with van der Waals surface area (Å²) in [5, 5.41) is 2.70. The van der Waals surface area contributed by atoms with Crippen molar-refractivity contribution in [2.45, 2.75) is 13.3 Å². The van der Waals surface area contributed by atoms with Crippen LogP contribution >= 0.6 is 10.5 Å². The van der Waals surface area contributed by atoms with Crippen LogP contribution in [0.3, 0.4) is 0 Å². The Hall–Kier alpha value is -2.65. The van der Waals surface area contributed by atoms with Crippen molar-refractivity contribution in [3.8, 4) is 4.90 Å². The first kappa shape index (κ1) is 15.9. The van der Waals surface area contributed by atoms with Gasteiger partial charge in [-0.05, 0) is 42.0 Å². The van der Waals surface area contributed by atoms with E-state index in [0.29, 0.717) is 6.61 Å². The molecule has 0 atom stereocenters. The van der Waals surface area contributed by atoms with Crippen LogP contribution in [0.15, 0.2) is 72.8 Å². The lowest BCUT2D eigenvalue weighted by atomic mass is 10.2. The van der Waals surface area contributed by atoms with Gasteiger partial charge in [-0.2, -0.15) is 0 Å². The Kier molecular flexibility index (Phi) is 4.24. The van der Waals surface area contributed by atoms with Crippen molar-refractivity contribution in [2.24, 2.45) is 0 Å². The first-order chi connectivity index (χ1) is 12.2. The molecule has 0 unspecified atom stereocenters. The van der Waals surface area contributed by atoms with Crippen LogP contribution in [0.5, 0.6) is 0 Å². The highest BCUT2D eigenvalue weighted by molar-refractivity contribution is 7.50. The van der Waals surface area contributed by atoms with Gasteiger partial charge in [-0.3, -0.25) is 4.79 Å². The monoisotopic (exact) mass is 347 g/mol. The average molecular weight is 347 g/mol. The maximum atomic E-state index is 10.9. The zero-order valence-corrected chi connectivity index (χ0v) is 14.9. The lowest BCUT2D eigenvalue weighted by Crippen LogP contribution is -2.02. The molecule has 0 bridgehead atoms. The van der Waals surface area contributed by atoms with E-state index in [2.05, 4.69) is 72.8 Å². The van der Waals surface area contributed by atoms with E-state index in [1.807, 2.05) is 0 Å². The van der Waals surface area contributed by atoms with Crippen LogP contribution < -0.4 is 0 Å². The maximum Gasteiger partial charge on any atom is 0.302 e. The van der Waals surface area contributed by atoms with Crippen LogP contribution in [-0.2, 0) is 16.0 Å². The fraction of sp³-hybridized carbons (Fsp3) is 0.136. The summed E-state index contributed by atoms with van der Waals surface area (Å²) in [7, 11) is -0.0472. The van der Waals surface area contributed by atoms with Gasteiger partial charge in [0.25, 0.3) is 0 Å². The first-order valence-electron chi connectivity index (χ1n) is 8.39. The number of rotatable bonds is 4. The summed E-state index contributed by atoms with van der Waals surface area (Å²) in [4.78, 5) is 12.2. The van der Waals surface area contributed by atoms with Crippen LogP contribution in [0.1, 0.15) is 12.5 Å². The second kappa shape index (κ2) is 6.69. The van der Waals surface area contributed by atoms with E-state index in [1.54, 1.807) is 0 Å². The molecule has 3 heteroatoms. The van der Waals surface area contributed by atoms with Crippen LogP contribution in [0.4, 0.5) is 0 Å². The van der Waals surface area contributed by atoms with Crippen molar-refractivity contribution in [1.29, 1.82) is 0 Å². The third-order valence-corrected chi connectivity index (χ3v) is 6.69. The van der Waals surface area contributed by atoms with Gasteiger partial charge in [0.1, 0.15) is 0 Å². The second-order valence-corrected chi connectivity index (χ2v) is 8.00. The number of hydrogen-bond acceptors (Lipinski definition) is 2. The molecule has 25 heavy (non-hydrogen) atoms. The minimum Gasteiger partial charge on any atom is -0.466 e. The molecule has 2 nitrogen and oxygen atoms in total. The van der Waals surface area contributed by atoms with E-state index in [4.69, 9.17) is 4.74 Å². The van der Waals surface area contributed by atoms with Gasteiger partial charge in [0.15, 0.2) is 14.3 Å². The number of carbonyl (C=O) groups is 1. The fourth-order valence-corrected chi connectivity index (χ4v) is 5.59. The number of benzene rings is 3. The molecular weight excluding hydrogens is 328 g/mol. The molecule has 124 valence electrons. The van der Waals surface area contributed by atoms with Gasteiger partial charge in [0, 0.05) is 34.6 Å². The van der Waals surface area contributed by atoms with E-state index in [0.717, 1.165) is 6.42 Å². The Morgan fingerprint density at radius 3 is 1.96 bits per heavy atom. The predicted molar refractivity (Wildman–Crippen MR) is 106 cm³/mol. The van der Waals surface area contributed by atoms with Crippen molar-refractivity contribution in [3.63, 3.8) is 0 Å². The van der Waals surface area contributed by atoms with Gasteiger partial charge in [-0.1, -0.05) is 36.4 Å². The van der Waals surface area contributed by atoms with Crippen LogP contribution in [0, 0.1) is 0 Å².